The second-order valence-corrected chi connectivity index (χ2v) is 4.78. The fraction of sp³-hybridized carbons (Fsp3) is 0. The van der Waals surface area contributed by atoms with Crippen molar-refractivity contribution < 1.29 is 9.21 Å². The molecule has 2 aromatic carbocycles. The standard InChI is InChI=1S/C14H7Cl2NO2/c15-9-2-1-3-10(16)13(9)14-17-11-6-8(7-18)4-5-12(11)19-14/h1-7H. The lowest BCUT2D eigenvalue weighted by Crippen LogP contribution is -1.81. The number of benzene rings is 2. The number of hydrogen-bond acceptors (Lipinski definition) is 3. The molecule has 0 fully saturated rings. The summed E-state index contributed by atoms with van der Waals surface area (Å²) in [5.41, 5.74) is 2.26. The van der Waals surface area contributed by atoms with E-state index < -0.39 is 0 Å². The van der Waals surface area contributed by atoms with E-state index in [1.807, 2.05) is 0 Å². The summed E-state index contributed by atoms with van der Waals surface area (Å²) >= 11 is 12.2. The summed E-state index contributed by atoms with van der Waals surface area (Å²) in [4.78, 5) is 15.1. The molecule has 1 aromatic heterocycles. The van der Waals surface area contributed by atoms with Crippen molar-refractivity contribution in [2.45, 2.75) is 0 Å². The van der Waals surface area contributed by atoms with Crippen LogP contribution in [0.4, 0.5) is 0 Å². The van der Waals surface area contributed by atoms with Gasteiger partial charge in [0.2, 0.25) is 5.89 Å². The molecule has 0 spiro atoms. The Balaban J connectivity index is 2.23. The Morgan fingerprint density at radius 2 is 1.84 bits per heavy atom. The van der Waals surface area contributed by atoms with Gasteiger partial charge in [-0.3, -0.25) is 4.79 Å². The van der Waals surface area contributed by atoms with Crippen LogP contribution in [0.2, 0.25) is 10.0 Å². The number of nitrogens with zero attached hydrogens (tertiary/aromatic N) is 1. The van der Waals surface area contributed by atoms with Gasteiger partial charge in [-0.2, -0.15) is 0 Å². The number of carbonyl (C=O) groups is 1. The van der Waals surface area contributed by atoms with Crippen molar-refractivity contribution in [3.63, 3.8) is 0 Å². The van der Waals surface area contributed by atoms with Crippen molar-refractivity contribution in [2.24, 2.45) is 0 Å². The molecule has 0 bridgehead atoms. The Morgan fingerprint density at radius 1 is 1.11 bits per heavy atom. The average Bonchev–Trinajstić information content (AvgIpc) is 2.80. The zero-order valence-corrected chi connectivity index (χ0v) is 11.1. The van der Waals surface area contributed by atoms with Gasteiger partial charge in [0.05, 0.1) is 15.6 Å². The lowest BCUT2D eigenvalue weighted by molar-refractivity contribution is 0.112. The summed E-state index contributed by atoms with van der Waals surface area (Å²) in [6.07, 6.45) is 0.760. The van der Waals surface area contributed by atoms with Gasteiger partial charge in [0, 0.05) is 5.56 Å². The minimum Gasteiger partial charge on any atom is -0.436 e. The second-order valence-electron chi connectivity index (χ2n) is 3.96. The predicted octanol–water partition coefficient (Wildman–Crippen LogP) is 4.61. The zero-order valence-electron chi connectivity index (χ0n) is 9.56. The minimum absolute atomic E-state index is 0.341. The summed E-state index contributed by atoms with van der Waals surface area (Å²) in [7, 11) is 0. The lowest BCUT2D eigenvalue weighted by Gasteiger charge is -2.01. The Hall–Kier alpha value is -1.84. The number of hydrogen-bond donors (Lipinski definition) is 0. The first kappa shape index (κ1) is 12.2. The van der Waals surface area contributed by atoms with E-state index in [-0.39, 0.29) is 0 Å². The highest BCUT2D eigenvalue weighted by Gasteiger charge is 2.15. The van der Waals surface area contributed by atoms with Crippen LogP contribution in [0.25, 0.3) is 22.6 Å². The van der Waals surface area contributed by atoms with Gasteiger partial charge in [-0.1, -0.05) is 29.3 Å². The maximum atomic E-state index is 10.7. The fourth-order valence-corrected chi connectivity index (χ4v) is 2.39. The van der Waals surface area contributed by atoms with E-state index in [4.69, 9.17) is 27.6 Å². The van der Waals surface area contributed by atoms with Gasteiger partial charge >= 0.3 is 0 Å². The molecule has 0 unspecified atom stereocenters. The van der Waals surface area contributed by atoms with Crippen LogP contribution in [0, 0.1) is 0 Å². The normalized spacial score (nSPS) is 10.8. The Morgan fingerprint density at radius 3 is 2.53 bits per heavy atom. The molecular formula is C14H7Cl2NO2. The number of halogens is 2. The van der Waals surface area contributed by atoms with Crippen molar-refractivity contribution in [2.75, 3.05) is 0 Å². The Kier molecular flexibility index (Phi) is 3.01. The molecule has 3 rings (SSSR count). The molecule has 0 amide bonds. The van der Waals surface area contributed by atoms with Crippen LogP contribution in [0.15, 0.2) is 40.8 Å². The van der Waals surface area contributed by atoms with Crippen LogP contribution in [-0.2, 0) is 0 Å². The van der Waals surface area contributed by atoms with Crippen molar-refractivity contribution >= 4 is 40.6 Å². The van der Waals surface area contributed by atoms with Gasteiger partial charge in [-0.05, 0) is 30.3 Å². The first-order chi connectivity index (χ1) is 9.19. The first-order valence-corrected chi connectivity index (χ1v) is 6.25. The van der Waals surface area contributed by atoms with Gasteiger partial charge in [-0.15, -0.1) is 0 Å². The molecule has 3 nitrogen and oxygen atoms in total. The molecule has 0 N–H and O–H groups in total. The van der Waals surface area contributed by atoms with E-state index in [9.17, 15) is 4.79 Å². The molecule has 0 aliphatic heterocycles. The van der Waals surface area contributed by atoms with Crippen LogP contribution in [0.1, 0.15) is 10.4 Å². The van der Waals surface area contributed by atoms with Crippen LogP contribution >= 0.6 is 23.2 Å². The third kappa shape index (κ3) is 2.11. The summed E-state index contributed by atoms with van der Waals surface area (Å²) in [6, 6.07) is 10.2. The minimum atomic E-state index is 0.341. The molecule has 5 heteroatoms. The van der Waals surface area contributed by atoms with Gasteiger partial charge in [0.1, 0.15) is 11.8 Å². The second kappa shape index (κ2) is 4.68. The molecule has 0 saturated carbocycles. The van der Waals surface area contributed by atoms with Gasteiger partial charge in [0.25, 0.3) is 0 Å². The number of oxazole rings is 1. The first-order valence-electron chi connectivity index (χ1n) is 5.49. The van der Waals surface area contributed by atoms with Crippen molar-refractivity contribution in [3.05, 3.63) is 52.0 Å². The summed E-state index contributed by atoms with van der Waals surface area (Å²) in [5.74, 6) is 0.341. The molecule has 0 saturated heterocycles. The van der Waals surface area contributed by atoms with Crippen molar-refractivity contribution in [1.29, 1.82) is 0 Å². The molecular weight excluding hydrogens is 285 g/mol. The third-order valence-electron chi connectivity index (χ3n) is 2.72. The van der Waals surface area contributed by atoms with E-state index in [0.29, 0.717) is 38.2 Å². The van der Waals surface area contributed by atoms with Crippen LogP contribution in [-0.4, -0.2) is 11.3 Å². The van der Waals surface area contributed by atoms with Crippen LogP contribution in [0.5, 0.6) is 0 Å². The summed E-state index contributed by atoms with van der Waals surface area (Å²) in [6.45, 7) is 0. The highest BCUT2D eigenvalue weighted by Crippen LogP contribution is 2.35. The molecule has 1 heterocycles. The van der Waals surface area contributed by atoms with Gasteiger partial charge in [-0.25, -0.2) is 4.98 Å². The SMILES string of the molecule is O=Cc1ccc2oc(-c3c(Cl)cccc3Cl)nc2c1. The molecule has 19 heavy (non-hydrogen) atoms. The van der Waals surface area contributed by atoms with E-state index in [0.717, 1.165) is 6.29 Å². The number of rotatable bonds is 2. The maximum Gasteiger partial charge on any atom is 0.230 e. The number of carbonyl (C=O) groups excluding carboxylic acids is 1. The zero-order chi connectivity index (χ0) is 13.4. The largest absolute Gasteiger partial charge is 0.436 e. The van der Waals surface area contributed by atoms with Crippen molar-refractivity contribution in [3.8, 4) is 11.5 Å². The molecule has 0 radical (unpaired) electrons. The lowest BCUT2D eigenvalue weighted by atomic mass is 10.2. The third-order valence-corrected chi connectivity index (χ3v) is 3.35. The van der Waals surface area contributed by atoms with E-state index >= 15 is 0 Å². The summed E-state index contributed by atoms with van der Waals surface area (Å²) < 4.78 is 5.62. The molecule has 0 aliphatic rings. The Labute approximate surface area is 118 Å². The quantitative estimate of drug-likeness (QED) is 0.647. The van der Waals surface area contributed by atoms with E-state index in [1.54, 1.807) is 36.4 Å². The van der Waals surface area contributed by atoms with E-state index in [1.165, 1.54) is 0 Å². The highest BCUT2D eigenvalue weighted by molar-refractivity contribution is 6.38. The average molecular weight is 292 g/mol. The Bertz CT molecular complexity index is 760. The van der Waals surface area contributed by atoms with Crippen molar-refractivity contribution in [1.82, 2.24) is 4.98 Å². The highest BCUT2D eigenvalue weighted by atomic mass is 35.5. The molecule has 3 aromatic rings. The number of fused-ring (bicyclic) bond motifs is 1. The smallest absolute Gasteiger partial charge is 0.230 e. The van der Waals surface area contributed by atoms with Gasteiger partial charge in [0.15, 0.2) is 5.58 Å². The van der Waals surface area contributed by atoms with Crippen LogP contribution < -0.4 is 0 Å². The predicted molar refractivity (Wildman–Crippen MR) is 74.9 cm³/mol. The number of aromatic nitrogens is 1. The monoisotopic (exact) mass is 291 g/mol. The maximum absolute atomic E-state index is 10.7. The molecule has 0 aliphatic carbocycles. The fourth-order valence-electron chi connectivity index (χ4n) is 1.83. The number of aldehydes is 1. The molecule has 0 atom stereocenters. The van der Waals surface area contributed by atoms with E-state index in [2.05, 4.69) is 4.98 Å². The topological polar surface area (TPSA) is 43.1 Å². The summed E-state index contributed by atoms with van der Waals surface area (Å²) in [5, 5.41) is 0.935. The van der Waals surface area contributed by atoms with Gasteiger partial charge < -0.3 is 4.42 Å². The van der Waals surface area contributed by atoms with Crippen LogP contribution in [0.3, 0.4) is 0 Å². The molecule has 94 valence electrons.